The molecule has 0 saturated heterocycles. The van der Waals surface area contributed by atoms with Gasteiger partial charge in [0.15, 0.2) is 0 Å². The van der Waals surface area contributed by atoms with E-state index in [1.54, 1.807) is 0 Å². The summed E-state index contributed by atoms with van der Waals surface area (Å²) in [6, 6.07) is 4.37. The number of sulfonamides is 1. The van der Waals surface area contributed by atoms with Gasteiger partial charge in [-0.25, -0.2) is 8.42 Å². The number of nitrogens with one attached hydrogen (secondary N) is 1. The molecule has 0 spiro atoms. The Morgan fingerprint density at radius 3 is 2.44 bits per heavy atom. The predicted molar refractivity (Wildman–Crippen MR) is 72.7 cm³/mol. The van der Waals surface area contributed by atoms with Crippen molar-refractivity contribution in [1.82, 2.24) is 5.32 Å². The minimum Gasteiger partial charge on any atom is -0.358 e. The van der Waals surface area contributed by atoms with E-state index in [0.29, 0.717) is 5.02 Å². The molecule has 0 atom stereocenters. The van der Waals surface area contributed by atoms with Gasteiger partial charge in [-0.1, -0.05) is 23.2 Å². The van der Waals surface area contributed by atoms with Crippen molar-refractivity contribution in [2.24, 2.45) is 0 Å². The maximum Gasteiger partial charge on any atom is 0.240 e. The van der Waals surface area contributed by atoms with Gasteiger partial charge in [-0.3, -0.25) is 9.10 Å². The van der Waals surface area contributed by atoms with Crippen LogP contribution in [0.15, 0.2) is 18.2 Å². The van der Waals surface area contributed by atoms with Crippen molar-refractivity contribution in [1.29, 1.82) is 0 Å². The van der Waals surface area contributed by atoms with Gasteiger partial charge in [0.1, 0.15) is 6.54 Å². The summed E-state index contributed by atoms with van der Waals surface area (Å²) in [5, 5.41) is 2.90. The van der Waals surface area contributed by atoms with E-state index in [0.717, 1.165) is 10.6 Å². The van der Waals surface area contributed by atoms with Crippen molar-refractivity contribution in [3.63, 3.8) is 0 Å². The standard InChI is InChI=1S/C10H12Cl2N2O3S/c1-13-10(15)6-14(18(2,16)17)9-4-3-7(11)5-8(9)12/h3-5H,6H2,1-2H3,(H,13,15). The summed E-state index contributed by atoms with van der Waals surface area (Å²) >= 11 is 11.7. The number of benzene rings is 1. The van der Waals surface area contributed by atoms with E-state index in [4.69, 9.17) is 23.2 Å². The van der Waals surface area contributed by atoms with Gasteiger partial charge in [0.25, 0.3) is 0 Å². The molecule has 1 rings (SSSR count). The van der Waals surface area contributed by atoms with Crippen molar-refractivity contribution in [2.45, 2.75) is 0 Å². The maximum absolute atomic E-state index is 11.7. The Balaban J connectivity index is 3.22. The Morgan fingerprint density at radius 2 is 2.00 bits per heavy atom. The number of hydrogen-bond acceptors (Lipinski definition) is 3. The zero-order chi connectivity index (χ0) is 13.9. The van der Waals surface area contributed by atoms with Crippen molar-refractivity contribution in [3.8, 4) is 0 Å². The van der Waals surface area contributed by atoms with E-state index in [2.05, 4.69) is 5.32 Å². The molecule has 0 aliphatic carbocycles. The minimum atomic E-state index is -3.61. The van der Waals surface area contributed by atoms with Crippen molar-refractivity contribution >= 4 is 44.8 Å². The van der Waals surface area contributed by atoms with Crippen molar-refractivity contribution in [2.75, 3.05) is 24.2 Å². The first-order valence-corrected chi connectivity index (χ1v) is 7.49. The third-order valence-electron chi connectivity index (χ3n) is 2.14. The summed E-state index contributed by atoms with van der Waals surface area (Å²) in [6.45, 7) is -0.337. The highest BCUT2D eigenvalue weighted by Crippen LogP contribution is 2.30. The van der Waals surface area contributed by atoms with Gasteiger partial charge in [-0.15, -0.1) is 0 Å². The number of amides is 1. The van der Waals surface area contributed by atoms with E-state index in [-0.39, 0.29) is 17.3 Å². The summed E-state index contributed by atoms with van der Waals surface area (Å²) < 4.78 is 24.3. The fraction of sp³-hybridized carbons (Fsp3) is 0.300. The summed E-state index contributed by atoms with van der Waals surface area (Å²) in [5.41, 5.74) is 0.215. The summed E-state index contributed by atoms with van der Waals surface area (Å²) in [7, 11) is -2.19. The van der Waals surface area contributed by atoms with Gasteiger partial charge in [-0.2, -0.15) is 0 Å². The van der Waals surface area contributed by atoms with Crippen LogP contribution in [0.4, 0.5) is 5.69 Å². The molecular formula is C10H12Cl2N2O3S. The molecule has 8 heteroatoms. The van der Waals surface area contributed by atoms with Crippen LogP contribution in [-0.2, 0) is 14.8 Å². The quantitative estimate of drug-likeness (QED) is 0.916. The van der Waals surface area contributed by atoms with E-state index in [1.165, 1.54) is 25.2 Å². The molecule has 0 aromatic heterocycles. The molecule has 0 heterocycles. The average Bonchev–Trinajstić information content (AvgIpc) is 2.25. The average molecular weight is 311 g/mol. The molecule has 0 unspecified atom stereocenters. The minimum absolute atomic E-state index is 0.164. The smallest absolute Gasteiger partial charge is 0.240 e. The van der Waals surface area contributed by atoms with Gasteiger partial charge in [0.2, 0.25) is 15.9 Å². The van der Waals surface area contributed by atoms with Crippen LogP contribution in [0.25, 0.3) is 0 Å². The number of carbonyl (C=O) groups excluding carboxylic acids is 1. The zero-order valence-electron chi connectivity index (χ0n) is 9.78. The van der Waals surface area contributed by atoms with Crippen LogP contribution in [0.5, 0.6) is 0 Å². The molecule has 100 valence electrons. The number of hydrogen-bond donors (Lipinski definition) is 1. The van der Waals surface area contributed by atoms with E-state index in [9.17, 15) is 13.2 Å². The van der Waals surface area contributed by atoms with E-state index >= 15 is 0 Å². The van der Waals surface area contributed by atoms with Gasteiger partial charge < -0.3 is 5.32 Å². The lowest BCUT2D eigenvalue weighted by molar-refractivity contribution is -0.119. The summed E-state index contributed by atoms with van der Waals surface area (Å²) in [4.78, 5) is 11.3. The molecule has 0 aliphatic heterocycles. The molecule has 0 bridgehead atoms. The van der Waals surface area contributed by atoms with Gasteiger partial charge >= 0.3 is 0 Å². The lowest BCUT2D eigenvalue weighted by Gasteiger charge is -2.22. The molecule has 0 aliphatic rings. The van der Waals surface area contributed by atoms with Crippen LogP contribution >= 0.6 is 23.2 Å². The predicted octanol–water partition coefficient (Wildman–Crippen LogP) is 1.51. The molecule has 18 heavy (non-hydrogen) atoms. The first-order valence-electron chi connectivity index (χ1n) is 4.89. The molecule has 1 aromatic carbocycles. The maximum atomic E-state index is 11.7. The first kappa shape index (κ1) is 15.1. The van der Waals surface area contributed by atoms with Crippen LogP contribution in [-0.4, -0.2) is 34.2 Å². The third-order valence-corrected chi connectivity index (χ3v) is 3.81. The van der Waals surface area contributed by atoms with Gasteiger partial charge in [0, 0.05) is 12.1 Å². The SMILES string of the molecule is CNC(=O)CN(c1ccc(Cl)cc1Cl)S(C)(=O)=O. The highest BCUT2D eigenvalue weighted by atomic mass is 35.5. The van der Waals surface area contributed by atoms with Crippen LogP contribution in [0.2, 0.25) is 10.0 Å². The number of carbonyl (C=O) groups is 1. The fourth-order valence-electron chi connectivity index (χ4n) is 1.27. The Hall–Kier alpha value is -0.980. The van der Waals surface area contributed by atoms with E-state index < -0.39 is 15.9 Å². The fourth-order valence-corrected chi connectivity index (χ4v) is 2.70. The van der Waals surface area contributed by atoms with Crippen molar-refractivity contribution < 1.29 is 13.2 Å². The second kappa shape index (κ2) is 5.77. The highest BCUT2D eigenvalue weighted by molar-refractivity contribution is 7.92. The van der Waals surface area contributed by atoms with E-state index in [1.807, 2.05) is 0 Å². The molecule has 5 nitrogen and oxygen atoms in total. The van der Waals surface area contributed by atoms with Gasteiger partial charge in [0.05, 0.1) is 17.0 Å². The Bertz CT molecular complexity index is 560. The second-order valence-corrected chi connectivity index (χ2v) is 6.29. The summed E-state index contributed by atoms with van der Waals surface area (Å²) in [5.74, 6) is -0.438. The van der Waals surface area contributed by atoms with Crippen LogP contribution < -0.4 is 9.62 Å². The normalized spacial score (nSPS) is 11.1. The molecule has 0 fully saturated rings. The Labute approximate surface area is 116 Å². The molecule has 0 saturated carbocycles. The number of nitrogens with zero attached hydrogens (tertiary/aromatic N) is 1. The molecular weight excluding hydrogens is 299 g/mol. The molecule has 0 radical (unpaired) electrons. The van der Waals surface area contributed by atoms with Crippen LogP contribution in [0, 0.1) is 0 Å². The zero-order valence-corrected chi connectivity index (χ0v) is 12.1. The number of rotatable bonds is 4. The van der Waals surface area contributed by atoms with Crippen LogP contribution in [0.3, 0.4) is 0 Å². The topological polar surface area (TPSA) is 66.5 Å². The lowest BCUT2D eigenvalue weighted by atomic mass is 10.3. The number of anilines is 1. The lowest BCUT2D eigenvalue weighted by Crippen LogP contribution is -2.39. The van der Waals surface area contributed by atoms with Crippen molar-refractivity contribution in [3.05, 3.63) is 28.2 Å². The van der Waals surface area contributed by atoms with Gasteiger partial charge in [-0.05, 0) is 18.2 Å². The Morgan fingerprint density at radius 1 is 1.39 bits per heavy atom. The molecule has 1 aromatic rings. The number of likely N-dealkylation sites (N-methyl/N-ethyl adjacent to an activating group) is 1. The number of halogens is 2. The molecule has 1 amide bonds. The second-order valence-electron chi connectivity index (χ2n) is 3.54. The third kappa shape index (κ3) is 3.76. The first-order chi connectivity index (χ1) is 8.25. The molecule has 1 N–H and O–H groups in total. The highest BCUT2D eigenvalue weighted by Gasteiger charge is 2.22. The largest absolute Gasteiger partial charge is 0.358 e. The summed E-state index contributed by atoms with van der Waals surface area (Å²) in [6.07, 6.45) is 1.00. The monoisotopic (exact) mass is 310 g/mol. The Kier molecular flexibility index (Phi) is 4.84. The van der Waals surface area contributed by atoms with Crippen LogP contribution in [0.1, 0.15) is 0 Å².